The maximum Gasteiger partial charge on any atom is 0.573 e. The number of carbonyl (C=O) groups is 1. The van der Waals surface area contributed by atoms with Crippen LogP contribution >= 0.6 is 11.3 Å². The second-order valence-electron chi connectivity index (χ2n) is 7.68. The summed E-state index contributed by atoms with van der Waals surface area (Å²) in [4.78, 5) is 12.4. The molecular weight excluding hydrogens is 477 g/mol. The van der Waals surface area contributed by atoms with Crippen LogP contribution in [0.3, 0.4) is 0 Å². The second kappa shape index (κ2) is 9.32. The van der Waals surface area contributed by atoms with Gasteiger partial charge in [0.1, 0.15) is 5.75 Å². The van der Waals surface area contributed by atoms with Gasteiger partial charge in [-0.15, -0.1) is 24.5 Å². The van der Waals surface area contributed by atoms with Gasteiger partial charge in [-0.3, -0.25) is 4.79 Å². The zero-order valence-corrected chi connectivity index (χ0v) is 19.0. The summed E-state index contributed by atoms with van der Waals surface area (Å²) in [6, 6.07) is 12.2. The molecule has 1 aliphatic rings. The number of hydrogen-bond acceptors (Lipinski definition) is 5. The molecule has 2 heterocycles. The van der Waals surface area contributed by atoms with Crippen LogP contribution in [0.4, 0.5) is 13.2 Å². The van der Waals surface area contributed by atoms with Crippen LogP contribution in [0.1, 0.15) is 18.4 Å². The lowest BCUT2D eigenvalue weighted by molar-refractivity contribution is -0.274. The number of alkyl halides is 3. The molecule has 176 valence electrons. The maximum absolute atomic E-state index is 12.9. The highest BCUT2D eigenvalue weighted by Crippen LogP contribution is 2.29. The number of ether oxygens (including phenoxy) is 1. The predicted molar refractivity (Wildman–Crippen MR) is 118 cm³/mol. The Morgan fingerprint density at radius 1 is 1.12 bits per heavy atom. The highest BCUT2D eigenvalue weighted by atomic mass is 32.2. The lowest BCUT2D eigenvalue weighted by Crippen LogP contribution is -2.42. The lowest BCUT2D eigenvalue weighted by atomic mass is 9.97. The lowest BCUT2D eigenvalue weighted by Gasteiger charge is -2.30. The van der Waals surface area contributed by atoms with Crippen molar-refractivity contribution in [1.29, 1.82) is 0 Å². The van der Waals surface area contributed by atoms with Crippen molar-refractivity contribution in [3.63, 3.8) is 0 Å². The van der Waals surface area contributed by atoms with Crippen molar-refractivity contribution in [1.82, 2.24) is 9.62 Å². The summed E-state index contributed by atoms with van der Waals surface area (Å²) in [6.07, 6.45) is -4.26. The number of nitrogens with zero attached hydrogens (tertiary/aromatic N) is 1. The van der Waals surface area contributed by atoms with Crippen LogP contribution in [0.15, 0.2) is 58.8 Å². The summed E-state index contributed by atoms with van der Waals surface area (Å²) in [5.74, 6) is -1.07. The van der Waals surface area contributed by atoms with Crippen molar-refractivity contribution < 1.29 is 31.1 Å². The van der Waals surface area contributed by atoms with Gasteiger partial charge in [0.25, 0.3) is 0 Å². The van der Waals surface area contributed by atoms with Crippen molar-refractivity contribution in [2.24, 2.45) is 5.92 Å². The molecule has 1 aromatic heterocycles. The first-order valence-corrected chi connectivity index (χ1v) is 12.5. The summed E-state index contributed by atoms with van der Waals surface area (Å²) < 4.78 is 69.3. The Hall–Kier alpha value is -2.63. The van der Waals surface area contributed by atoms with Gasteiger partial charge in [-0.25, -0.2) is 8.42 Å². The highest BCUT2D eigenvalue weighted by Gasteiger charge is 2.34. The standard InChI is InChI=1S/C22H21F3N2O4S2/c23-22(24,25)31-17-4-3-5-18(12-17)33(29,30)27-10-8-15(9-11-27)21(28)26-13-16-14-32-20-7-2-1-6-19(16)20/h1-7,12,14-15H,8-11,13H2,(H,26,28). The fourth-order valence-corrected chi connectivity index (χ4v) is 6.30. The summed E-state index contributed by atoms with van der Waals surface area (Å²) >= 11 is 1.61. The first kappa shape index (κ1) is 23.5. The molecule has 11 heteroatoms. The van der Waals surface area contributed by atoms with Crippen LogP contribution < -0.4 is 10.1 Å². The van der Waals surface area contributed by atoms with Gasteiger partial charge in [-0.1, -0.05) is 24.3 Å². The van der Waals surface area contributed by atoms with E-state index < -0.39 is 22.1 Å². The summed E-state index contributed by atoms with van der Waals surface area (Å²) in [5, 5.41) is 6.05. The number of nitrogens with one attached hydrogen (secondary N) is 1. The number of benzene rings is 2. The molecule has 0 unspecified atom stereocenters. The minimum absolute atomic E-state index is 0.103. The molecule has 0 bridgehead atoms. The molecule has 1 amide bonds. The second-order valence-corrected chi connectivity index (χ2v) is 10.5. The Labute approximate surface area is 193 Å². The Morgan fingerprint density at radius 2 is 1.85 bits per heavy atom. The maximum atomic E-state index is 12.9. The third kappa shape index (κ3) is 5.48. The summed E-state index contributed by atoms with van der Waals surface area (Å²) in [5.41, 5.74) is 1.03. The van der Waals surface area contributed by atoms with Crippen molar-refractivity contribution in [2.75, 3.05) is 13.1 Å². The third-order valence-corrected chi connectivity index (χ3v) is 8.42. The number of hydrogen-bond donors (Lipinski definition) is 1. The molecule has 0 radical (unpaired) electrons. The van der Waals surface area contributed by atoms with Gasteiger partial charge in [0, 0.05) is 36.3 Å². The minimum atomic E-state index is -4.91. The molecule has 1 saturated heterocycles. The number of sulfonamides is 1. The molecule has 2 aromatic carbocycles. The van der Waals surface area contributed by atoms with Gasteiger partial charge in [0.2, 0.25) is 15.9 Å². The summed E-state index contributed by atoms with van der Waals surface area (Å²) in [6.45, 7) is 0.603. The fourth-order valence-electron chi connectivity index (χ4n) is 3.84. The van der Waals surface area contributed by atoms with E-state index in [2.05, 4.69) is 10.1 Å². The summed E-state index contributed by atoms with van der Waals surface area (Å²) in [7, 11) is -4.01. The molecule has 4 rings (SSSR count). The first-order chi connectivity index (χ1) is 15.6. The Balaban J connectivity index is 1.35. The van der Waals surface area contributed by atoms with Crippen molar-refractivity contribution >= 4 is 37.4 Å². The molecule has 0 atom stereocenters. The van der Waals surface area contributed by atoms with Gasteiger partial charge in [0.15, 0.2) is 0 Å². The molecule has 3 aromatic rings. The van der Waals surface area contributed by atoms with E-state index in [9.17, 15) is 26.4 Å². The van der Waals surface area contributed by atoms with Gasteiger partial charge >= 0.3 is 6.36 Å². The Morgan fingerprint density at radius 3 is 2.58 bits per heavy atom. The number of halogens is 3. The normalized spacial score (nSPS) is 16.1. The Bertz CT molecular complexity index is 1250. The molecule has 33 heavy (non-hydrogen) atoms. The van der Waals surface area contributed by atoms with Crippen LogP contribution in [-0.4, -0.2) is 38.1 Å². The zero-order chi connectivity index (χ0) is 23.6. The average Bonchev–Trinajstić information content (AvgIpc) is 3.20. The number of carbonyl (C=O) groups excluding carboxylic acids is 1. The first-order valence-electron chi connectivity index (χ1n) is 10.2. The molecule has 1 aliphatic heterocycles. The number of thiophene rings is 1. The van der Waals surface area contributed by atoms with Crippen LogP contribution in [0, 0.1) is 5.92 Å². The molecule has 1 fully saturated rings. The van der Waals surface area contributed by atoms with Crippen LogP contribution in [0.5, 0.6) is 5.75 Å². The molecule has 6 nitrogen and oxygen atoms in total. The van der Waals surface area contributed by atoms with Crippen LogP contribution in [-0.2, 0) is 21.4 Å². The SMILES string of the molecule is O=C(NCc1csc2ccccc12)C1CCN(S(=O)(=O)c2cccc(OC(F)(F)F)c2)CC1. The highest BCUT2D eigenvalue weighted by molar-refractivity contribution is 7.89. The van der Waals surface area contributed by atoms with Crippen LogP contribution in [0.2, 0.25) is 0 Å². The quantitative estimate of drug-likeness (QED) is 0.543. The average molecular weight is 499 g/mol. The van der Waals surface area contributed by atoms with E-state index in [0.29, 0.717) is 19.4 Å². The van der Waals surface area contributed by atoms with E-state index in [4.69, 9.17) is 0 Å². The van der Waals surface area contributed by atoms with E-state index in [0.717, 1.165) is 27.8 Å². The molecule has 1 N–H and O–H groups in total. The topological polar surface area (TPSA) is 75.7 Å². The molecular formula is C22H21F3N2O4S2. The monoisotopic (exact) mass is 498 g/mol. The van der Waals surface area contributed by atoms with Crippen LogP contribution in [0.25, 0.3) is 10.1 Å². The van der Waals surface area contributed by atoms with Gasteiger partial charge in [0.05, 0.1) is 4.90 Å². The van der Waals surface area contributed by atoms with Gasteiger partial charge in [-0.05, 0) is 47.4 Å². The smallest absolute Gasteiger partial charge is 0.406 e. The molecule has 0 aliphatic carbocycles. The molecule has 0 spiro atoms. The van der Waals surface area contributed by atoms with Gasteiger partial charge < -0.3 is 10.1 Å². The van der Waals surface area contributed by atoms with Crippen molar-refractivity contribution in [3.05, 3.63) is 59.5 Å². The number of amides is 1. The van der Waals surface area contributed by atoms with Crippen molar-refractivity contribution in [2.45, 2.75) is 30.6 Å². The largest absolute Gasteiger partial charge is 0.573 e. The van der Waals surface area contributed by atoms with Gasteiger partial charge in [-0.2, -0.15) is 4.31 Å². The predicted octanol–water partition coefficient (Wildman–Crippen LogP) is 4.52. The van der Waals surface area contributed by atoms with E-state index in [1.54, 1.807) is 11.3 Å². The third-order valence-electron chi connectivity index (χ3n) is 5.52. The number of piperidine rings is 1. The molecule has 0 saturated carbocycles. The number of rotatable bonds is 6. The zero-order valence-electron chi connectivity index (χ0n) is 17.3. The van der Waals surface area contributed by atoms with E-state index in [1.807, 2.05) is 29.6 Å². The van der Waals surface area contributed by atoms with E-state index >= 15 is 0 Å². The Kier molecular flexibility index (Phi) is 6.64. The number of fused-ring (bicyclic) bond motifs is 1. The van der Waals surface area contributed by atoms with Crippen molar-refractivity contribution in [3.8, 4) is 5.75 Å². The fraction of sp³-hybridized carbons (Fsp3) is 0.318. The minimum Gasteiger partial charge on any atom is -0.406 e. The van der Waals surface area contributed by atoms with E-state index in [-0.39, 0.29) is 29.8 Å². The van der Waals surface area contributed by atoms with E-state index in [1.165, 1.54) is 16.4 Å².